The average molecular weight is 191 g/mol. The van der Waals surface area contributed by atoms with Gasteiger partial charge in [0.15, 0.2) is 0 Å². The van der Waals surface area contributed by atoms with E-state index in [1.165, 1.54) is 18.4 Å². The van der Waals surface area contributed by atoms with Crippen LogP contribution in [0.25, 0.3) is 0 Å². The zero-order valence-corrected chi connectivity index (χ0v) is 8.59. The van der Waals surface area contributed by atoms with E-state index < -0.39 is 0 Å². The summed E-state index contributed by atoms with van der Waals surface area (Å²) in [6.07, 6.45) is 2.43. The monoisotopic (exact) mass is 191 g/mol. The molecule has 1 saturated heterocycles. The Balaban J connectivity index is 2.18. The highest BCUT2D eigenvalue weighted by Crippen LogP contribution is 2.28. The summed E-state index contributed by atoms with van der Waals surface area (Å²) in [5.74, 6) is 1.08. The number of rotatable bonds is 1. The van der Waals surface area contributed by atoms with Crippen molar-refractivity contribution in [1.82, 2.24) is 5.32 Å². The lowest BCUT2D eigenvalue weighted by Crippen LogP contribution is -2.26. The first-order chi connectivity index (χ1) is 6.77. The van der Waals surface area contributed by atoms with Crippen LogP contribution >= 0.6 is 0 Å². The Kier molecular flexibility index (Phi) is 2.73. The molecular weight excluding hydrogens is 174 g/mol. The lowest BCUT2D eigenvalue weighted by molar-refractivity contribution is 0.455. The third-order valence-electron chi connectivity index (χ3n) is 3.03. The molecule has 1 aromatic carbocycles. The van der Waals surface area contributed by atoms with Gasteiger partial charge in [0, 0.05) is 0 Å². The molecule has 0 saturated carbocycles. The lowest BCUT2D eigenvalue weighted by atomic mass is 9.89. The summed E-state index contributed by atoms with van der Waals surface area (Å²) in [6, 6.07) is 5.98. The van der Waals surface area contributed by atoms with Crippen molar-refractivity contribution in [2.45, 2.75) is 25.7 Å². The van der Waals surface area contributed by atoms with Crippen molar-refractivity contribution in [3.8, 4) is 5.75 Å². The molecule has 0 amide bonds. The van der Waals surface area contributed by atoms with E-state index >= 15 is 0 Å². The number of nitrogens with one attached hydrogen (secondary N) is 1. The first-order valence-electron chi connectivity index (χ1n) is 5.27. The van der Waals surface area contributed by atoms with Crippen molar-refractivity contribution in [3.63, 3.8) is 0 Å². The second kappa shape index (κ2) is 4.01. The maximum absolute atomic E-state index is 9.43. The number of aryl methyl sites for hydroxylation is 1. The summed E-state index contributed by atoms with van der Waals surface area (Å²) in [4.78, 5) is 0. The summed E-state index contributed by atoms with van der Waals surface area (Å²) in [5.41, 5.74) is 2.36. The number of phenolic OH excluding ortho intramolecular Hbond substituents is 1. The van der Waals surface area contributed by atoms with Crippen molar-refractivity contribution in [2.24, 2.45) is 0 Å². The molecule has 2 heteroatoms. The van der Waals surface area contributed by atoms with Crippen LogP contribution < -0.4 is 5.32 Å². The number of hydrogen-bond acceptors (Lipinski definition) is 2. The molecule has 1 aliphatic rings. The minimum atomic E-state index is 0.405. The van der Waals surface area contributed by atoms with E-state index in [9.17, 15) is 5.11 Å². The molecule has 76 valence electrons. The zero-order valence-electron chi connectivity index (χ0n) is 8.59. The van der Waals surface area contributed by atoms with E-state index in [2.05, 4.69) is 17.4 Å². The molecule has 0 spiro atoms. The van der Waals surface area contributed by atoms with E-state index in [1.54, 1.807) is 0 Å². The van der Waals surface area contributed by atoms with Crippen molar-refractivity contribution in [2.75, 3.05) is 13.1 Å². The first-order valence-corrected chi connectivity index (χ1v) is 5.27. The minimum absolute atomic E-state index is 0.405. The van der Waals surface area contributed by atoms with Gasteiger partial charge in [0.25, 0.3) is 0 Å². The zero-order chi connectivity index (χ0) is 9.97. The van der Waals surface area contributed by atoms with Gasteiger partial charge in [-0.3, -0.25) is 0 Å². The number of phenols is 1. The van der Waals surface area contributed by atoms with E-state index in [0.29, 0.717) is 11.7 Å². The smallest absolute Gasteiger partial charge is 0.118 e. The van der Waals surface area contributed by atoms with Crippen LogP contribution in [0.2, 0.25) is 0 Å². The Bertz CT molecular complexity index is 316. The van der Waals surface area contributed by atoms with Gasteiger partial charge in [-0.25, -0.2) is 0 Å². The van der Waals surface area contributed by atoms with Gasteiger partial charge in [-0.05, 0) is 56.0 Å². The quantitative estimate of drug-likeness (QED) is 0.713. The second-order valence-electron chi connectivity index (χ2n) is 4.07. The number of benzene rings is 1. The second-order valence-corrected chi connectivity index (χ2v) is 4.07. The molecule has 0 atom stereocenters. The molecule has 0 bridgehead atoms. The van der Waals surface area contributed by atoms with Crippen LogP contribution in [0.1, 0.15) is 29.9 Å². The van der Waals surface area contributed by atoms with Gasteiger partial charge < -0.3 is 10.4 Å². The Hall–Kier alpha value is -1.02. The van der Waals surface area contributed by atoms with Gasteiger partial charge in [-0.1, -0.05) is 12.1 Å². The van der Waals surface area contributed by atoms with Gasteiger partial charge in [0.1, 0.15) is 5.75 Å². The van der Waals surface area contributed by atoms with Crippen molar-refractivity contribution < 1.29 is 5.11 Å². The molecule has 1 aromatic rings. The molecular formula is C12H17NO. The van der Waals surface area contributed by atoms with Crippen molar-refractivity contribution in [1.29, 1.82) is 0 Å². The predicted molar refractivity (Wildman–Crippen MR) is 57.7 cm³/mol. The van der Waals surface area contributed by atoms with Crippen molar-refractivity contribution in [3.05, 3.63) is 29.3 Å². The fourth-order valence-electron chi connectivity index (χ4n) is 2.09. The summed E-state index contributed by atoms with van der Waals surface area (Å²) < 4.78 is 0. The SMILES string of the molecule is Cc1cc(C2CCNCC2)ccc1O. The third kappa shape index (κ3) is 1.90. The molecule has 2 rings (SSSR count). The van der Waals surface area contributed by atoms with Crippen LogP contribution in [-0.2, 0) is 0 Å². The maximum Gasteiger partial charge on any atom is 0.118 e. The average Bonchev–Trinajstić information content (AvgIpc) is 2.23. The highest BCUT2D eigenvalue weighted by Gasteiger charge is 2.15. The van der Waals surface area contributed by atoms with E-state index in [4.69, 9.17) is 0 Å². The molecule has 0 unspecified atom stereocenters. The molecule has 0 radical (unpaired) electrons. The van der Waals surface area contributed by atoms with Crippen LogP contribution in [0.3, 0.4) is 0 Å². The lowest BCUT2D eigenvalue weighted by Gasteiger charge is -2.23. The first kappa shape index (κ1) is 9.53. The topological polar surface area (TPSA) is 32.3 Å². The molecule has 1 aliphatic heterocycles. The van der Waals surface area contributed by atoms with E-state index in [-0.39, 0.29) is 0 Å². The van der Waals surface area contributed by atoms with Gasteiger partial charge in [0.2, 0.25) is 0 Å². The van der Waals surface area contributed by atoms with Crippen molar-refractivity contribution >= 4 is 0 Å². The molecule has 2 N–H and O–H groups in total. The molecule has 0 aromatic heterocycles. The summed E-state index contributed by atoms with van der Waals surface area (Å²) in [6.45, 7) is 4.19. The largest absolute Gasteiger partial charge is 0.508 e. The van der Waals surface area contributed by atoms with Crippen LogP contribution in [0, 0.1) is 6.92 Å². The summed E-state index contributed by atoms with van der Waals surface area (Å²) in [5, 5.41) is 12.8. The molecule has 14 heavy (non-hydrogen) atoms. The molecule has 1 heterocycles. The van der Waals surface area contributed by atoms with Gasteiger partial charge in [0.05, 0.1) is 0 Å². The Morgan fingerprint density at radius 3 is 2.64 bits per heavy atom. The Morgan fingerprint density at radius 2 is 2.00 bits per heavy atom. The van der Waals surface area contributed by atoms with Gasteiger partial charge >= 0.3 is 0 Å². The highest BCUT2D eigenvalue weighted by atomic mass is 16.3. The van der Waals surface area contributed by atoms with E-state index in [1.807, 2.05) is 13.0 Å². The van der Waals surface area contributed by atoms with Crippen LogP contribution in [0.5, 0.6) is 5.75 Å². The maximum atomic E-state index is 9.43. The Labute approximate surface area is 85.0 Å². The fraction of sp³-hybridized carbons (Fsp3) is 0.500. The van der Waals surface area contributed by atoms with Crippen LogP contribution in [0.4, 0.5) is 0 Å². The predicted octanol–water partition coefficient (Wildman–Crippen LogP) is 2.17. The number of aromatic hydroxyl groups is 1. The normalized spacial score (nSPS) is 18.4. The third-order valence-corrected chi connectivity index (χ3v) is 3.03. The van der Waals surface area contributed by atoms with E-state index in [0.717, 1.165) is 18.7 Å². The highest BCUT2D eigenvalue weighted by molar-refractivity contribution is 5.36. The Morgan fingerprint density at radius 1 is 1.29 bits per heavy atom. The fourth-order valence-corrected chi connectivity index (χ4v) is 2.09. The van der Waals surface area contributed by atoms with Gasteiger partial charge in [-0.2, -0.15) is 0 Å². The molecule has 1 fully saturated rings. The van der Waals surface area contributed by atoms with Crippen LogP contribution in [0.15, 0.2) is 18.2 Å². The van der Waals surface area contributed by atoms with Crippen LogP contribution in [-0.4, -0.2) is 18.2 Å². The standard InChI is InChI=1S/C12H17NO/c1-9-8-11(2-3-12(9)14)10-4-6-13-7-5-10/h2-3,8,10,13-14H,4-7H2,1H3. The number of hydrogen-bond donors (Lipinski definition) is 2. The van der Waals surface area contributed by atoms with Gasteiger partial charge in [-0.15, -0.1) is 0 Å². The summed E-state index contributed by atoms with van der Waals surface area (Å²) in [7, 11) is 0. The minimum Gasteiger partial charge on any atom is -0.508 e. The molecule has 0 aliphatic carbocycles. The molecule has 2 nitrogen and oxygen atoms in total. The number of piperidine rings is 1. The summed E-state index contributed by atoms with van der Waals surface area (Å²) >= 11 is 0.